The second-order valence-electron chi connectivity index (χ2n) is 4.82. The average molecular weight is 249 g/mol. The number of carbonyl (C=O) groups excluding carboxylic acids is 1. The zero-order valence-electron chi connectivity index (χ0n) is 11.8. The van der Waals surface area contributed by atoms with E-state index >= 15 is 0 Å². The summed E-state index contributed by atoms with van der Waals surface area (Å²) in [5.41, 5.74) is 2.48. The fraction of sp³-hybridized carbons (Fsp3) is 0.533. The molecule has 18 heavy (non-hydrogen) atoms. The summed E-state index contributed by atoms with van der Waals surface area (Å²) in [5, 5.41) is 0. The minimum atomic E-state index is 0.245. The Morgan fingerprint density at radius 2 is 2.06 bits per heavy atom. The highest BCUT2D eigenvalue weighted by Crippen LogP contribution is 2.20. The Morgan fingerprint density at radius 3 is 2.67 bits per heavy atom. The van der Waals surface area contributed by atoms with Crippen molar-refractivity contribution in [1.29, 1.82) is 0 Å². The van der Waals surface area contributed by atoms with Crippen LogP contribution in [-0.4, -0.2) is 37.9 Å². The fourth-order valence-electron chi connectivity index (χ4n) is 1.87. The number of ketones is 1. The standard InChI is InChI=1S/C15H23NO2/c1-12-5-6-15(18-4)14(11-12)8-10-16(3)9-7-13(2)17/h5-6,11H,7-10H2,1-4H3. The van der Waals surface area contributed by atoms with E-state index in [1.807, 2.05) is 13.1 Å². The third kappa shape index (κ3) is 4.88. The van der Waals surface area contributed by atoms with Crippen molar-refractivity contribution in [1.82, 2.24) is 4.90 Å². The number of aryl methyl sites for hydroxylation is 1. The molecule has 0 N–H and O–H groups in total. The molecule has 100 valence electrons. The van der Waals surface area contributed by atoms with E-state index in [1.165, 1.54) is 11.1 Å². The first-order valence-electron chi connectivity index (χ1n) is 6.34. The van der Waals surface area contributed by atoms with E-state index in [2.05, 4.69) is 24.0 Å². The summed E-state index contributed by atoms with van der Waals surface area (Å²) >= 11 is 0. The number of benzene rings is 1. The molecule has 0 aliphatic rings. The Bertz CT molecular complexity index is 401. The number of Topliss-reactive ketones (excluding diaryl/α,β-unsaturated/α-hetero) is 1. The van der Waals surface area contributed by atoms with Crippen LogP contribution in [0.3, 0.4) is 0 Å². The molecular formula is C15H23NO2. The topological polar surface area (TPSA) is 29.5 Å². The average Bonchev–Trinajstić information content (AvgIpc) is 2.34. The number of hydrogen-bond donors (Lipinski definition) is 0. The van der Waals surface area contributed by atoms with Crippen molar-refractivity contribution in [2.24, 2.45) is 0 Å². The minimum Gasteiger partial charge on any atom is -0.496 e. The van der Waals surface area contributed by atoms with Crippen molar-refractivity contribution in [2.75, 3.05) is 27.2 Å². The van der Waals surface area contributed by atoms with Gasteiger partial charge in [0.2, 0.25) is 0 Å². The van der Waals surface area contributed by atoms with Crippen LogP contribution < -0.4 is 4.74 Å². The van der Waals surface area contributed by atoms with Gasteiger partial charge in [0, 0.05) is 19.5 Å². The van der Waals surface area contributed by atoms with E-state index in [0.29, 0.717) is 6.42 Å². The molecule has 0 aliphatic carbocycles. The Hall–Kier alpha value is -1.35. The van der Waals surface area contributed by atoms with Crippen molar-refractivity contribution in [3.05, 3.63) is 29.3 Å². The predicted molar refractivity (Wildman–Crippen MR) is 74.2 cm³/mol. The molecule has 0 amide bonds. The molecule has 0 radical (unpaired) electrons. The molecule has 1 aromatic carbocycles. The van der Waals surface area contributed by atoms with Crippen LogP contribution in [0.5, 0.6) is 5.75 Å². The van der Waals surface area contributed by atoms with Gasteiger partial charge in [-0.1, -0.05) is 17.7 Å². The maximum Gasteiger partial charge on any atom is 0.131 e. The van der Waals surface area contributed by atoms with Gasteiger partial charge in [-0.15, -0.1) is 0 Å². The monoisotopic (exact) mass is 249 g/mol. The van der Waals surface area contributed by atoms with Crippen LogP contribution in [0, 0.1) is 6.92 Å². The summed E-state index contributed by atoms with van der Waals surface area (Å²) in [7, 11) is 3.75. The fourth-order valence-corrected chi connectivity index (χ4v) is 1.87. The molecule has 1 aromatic rings. The van der Waals surface area contributed by atoms with Crippen molar-refractivity contribution in [2.45, 2.75) is 26.7 Å². The van der Waals surface area contributed by atoms with Gasteiger partial charge in [-0.3, -0.25) is 4.79 Å². The lowest BCUT2D eigenvalue weighted by atomic mass is 10.1. The zero-order chi connectivity index (χ0) is 13.5. The lowest BCUT2D eigenvalue weighted by Crippen LogP contribution is -2.24. The summed E-state index contributed by atoms with van der Waals surface area (Å²) in [5.74, 6) is 1.19. The maximum atomic E-state index is 10.9. The summed E-state index contributed by atoms with van der Waals surface area (Å²) in [6, 6.07) is 6.24. The first kappa shape index (κ1) is 14.7. The highest BCUT2D eigenvalue weighted by atomic mass is 16.5. The molecular weight excluding hydrogens is 226 g/mol. The second-order valence-corrected chi connectivity index (χ2v) is 4.82. The summed E-state index contributed by atoms with van der Waals surface area (Å²) in [6.45, 7) is 5.48. The normalized spacial score (nSPS) is 10.7. The van der Waals surface area contributed by atoms with Crippen LogP contribution in [0.2, 0.25) is 0 Å². The summed E-state index contributed by atoms with van der Waals surface area (Å²) in [4.78, 5) is 13.1. The number of rotatable bonds is 7. The van der Waals surface area contributed by atoms with Crippen LogP contribution in [0.4, 0.5) is 0 Å². The highest BCUT2D eigenvalue weighted by Gasteiger charge is 2.06. The third-order valence-electron chi connectivity index (χ3n) is 3.04. The van der Waals surface area contributed by atoms with E-state index in [9.17, 15) is 4.79 Å². The molecule has 0 spiro atoms. The first-order chi connectivity index (χ1) is 8.52. The van der Waals surface area contributed by atoms with E-state index < -0.39 is 0 Å². The van der Waals surface area contributed by atoms with Crippen LogP contribution in [0.1, 0.15) is 24.5 Å². The zero-order valence-corrected chi connectivity index (χ0v) is 11.8. The van der Waals surface area contributed by atoms with Gasteiger partial charge in [0.1, 0.15) is 11.5 Å². The molecule has 0 saturated carbocycles. The lowest BCUT2D eigenvalue weighted by Gasteiger charge is -2.17. The molecule has 1 rings (SSSR count). The van der Waals surface area contributed by atoms with Crippen molar-refractivity contribution in [3.63, 3.8) is 0 Å². The van der Waals surface area contributed by atoms with Gasteiger partial charge in [0.05, 0.1) is 7.11 Å². The van der Waals surface area contributed by atoms with Crippen molar-refractivity contribution in [3.8, 4) is 5.75 Å². The Kier molecular flexibility index (Phi) is 5.86. The van der Waals surface area contributed by atoms with Gasteiger partial charge in [-0.05, 0) is 38.9 Å². The molecule has 0 saturated heterocycles. The van der Waals surface area contributed by atoms with Gasteiger partial charge >= 0.3 is 0 Å². The number of methoxy groups -OCH3 is 1. The number of carbonyl (C=O) groups is 1. The molecule has 0 unspecified atom stereocenters. The molecule has 0 atom stereocenters. The van der Waals surface area contributed by atoms with Crippen molar-refractivity contribution < 1.29 is 9.53 Å². The Balaban J connectivity index is 2.52. The quantitative estimate of drug-likeness (QED) is 0.743. The third-order valence-corrected chi connectivity index (χ3v) is 3.04. The molecule has 0 fully saturated rings. The van der Waals surface area contributed by atoms with Crippen LogP contribution in [0.25, 0.3) is 0 Å². The molecule has 0 bridgehead atoms. The predicted octanol–water partition coefficient (Wildman–Crippen LogP) is 2.46. The number of likely N-dealkylation sites (N-methyl/N-ethyl adjacent to an activating group) is 1. The van der Waals surface area contributed by atoms with E-state index in [-0.39, 0.29) is 5.78 Å². The molecule has 3 nitrogen and oxygen atoms in total. The van der Waals surface area contributed by atoms with Crippen LogP contribution in [0.15, 0.2) is 18.2 Å². The Labute approximate surface area is 110 Å². The van der Waals surface area contributed by atoms with Gasteiger partial charge in [0.15, 0.2) is 0 Å². The first-order valence-corrected chi connectivity index (χ1v) is 6.34. The Morgan fingerprint density at radius 1 is 1.33 bits per heavy atom. The highest BCUT2D eigenvalue weighted by molar-refractivity contribution is 5.75. The number of ether oxygens (including phenoxy) is 1. The van der Waals surface area contributed by atoms with Gasteiger partial charge in [0.25, 0.3) is 0 Å². The largest absolute Gasteiger partial charge is 0.496 e. The van der Waals surface area contributed by atoms with Gasteiger partial charge in [-0.2, -0.15) is 0 Å². The smallest absolute Gasteiger partial charge is 0.131 e. The number of hydrogen-bond acceptors (Lipinski definition) is 3. The maximum absolute atomic E-state index is 10.9. The molecule has 0 heterocycles. The summed E-state index contributed by atoms with van der Waals surface area (Å²) in [6.07, 6.45) is 1.57. The molecule has 3 heteroatoms. The summed E-state index contributed by atoms with van der Waals surface area (Å²) < 4.78 is 5.36. The van der Waals surface area contributed by atoms with Crippen LogP contribution >= 0.6 is 0 Å². The van der Waals surface area contributed by atoms with Crippen LogP contribution in [-0.2, 0) is 11.2 Å². The lowest BCUT2D eigenvalue weighted by molar-refractivity contribution is -0.117. The van der Waals surface area contributed by atoms with E-state index in [4.69, 9.17) is 4.74 Å². The second kappa shape index (κ2) is 7.17. The minimum absolute atomic E-state index is 0.245. The molecule has 0 aliphatic heterocycles. The molecule has 0 aromatic heterocycles. The van der Waals surface area contributed by atoms with Gasteiger partial charge < -0.3 is 9.64 Å². The van der Waals surface area contributed by atoms with Crippen molar-refractivity contribution >= 4 is 5.78 Å². The van der Waals surface area contributed by atoms with Gasteiger partial charge in [-0.25, -0.2) is 0 Å². The number of nitrogens with zero attached hydrogens (tertiary/aromatic N) is 1. The van der Waals surface area contributed by atoms with E-state index in [1.54, 1.807) is 14.0 Å². The van der Waals surface area contributed by atoms with E-state index in [0.717, 1.165) is 25.3 Å². The SMILES string of the molecule is COc1ccc(C)cc1CCN(C)CCC(C)=O.